The van der Waals surface area contributed by atoms with Crippen LogP contribution < -0.4 is 0 Å². The third-order valence-electron chi connectivity index (χ3n) is 2.58. The Morgan fingerprint density at radius 1 is 1.00 bits per heavy atom. The largest absolute Gasteiger partial charge is 0.294 e. The van der Waals surface area contributed by atoms with Crippen LogP contribution in [0.3, 0.4) is 0 Å². The predicted octanol–water partition coefficient (Wildman–Crippen LogP) is 4.70. The number of benzene rings is 2. The highest BCUT2D eigenvalue weighted by Gasteiger charge is 2.13. The van der Waals surface area contributed by atoms with Gasteiger partial charge in [0.15, 0.2) is 5.78 Å². The first kappa shape index (κ1) is 14.0. The first-order chi connectivity index (χ1) is 8.97. The maximum absolute atomic E-state index is 13.4. The zero-order chi connectivity index (χ0) is 14.0. The Morgan fingerprint density at radius 2 is 1.74 bits per heavy atom. The molecular formula is C14H8Cl2F2O. The molecule has 0 unspecified atom stereocenters. The molecule has 98 valence electrons. The van der Waals surface area contributed by atoms with Crippen LogP contribution in [0.2, 0.25) is 10.0 Å². The van der Waals surface area contributed by atoms with Gasteiger partial charge in [0.25, 0.3) is 0 Å². The first-order valence-corrected chi connectivity index (χ1v) is 6.15. The SMILES string of the molecule is O=C(Cc1ccc(Cl)c(Cl)c1)c1ccc(F)cc1F. The lowest BCUT2D eigenvalue weighted by molar-refractivity contribution is 0.0989. The van der Waals surface area contributed by atoms with Gasteiger partial charge >= 0.3 is 0 Å². The fraction of sp³-hybridized carbons (Fsp3) is 0.0714. The van der Waals surface area contributed by atoms with Gasteiger partial charge in [-0.3, -0.25) is 4.79 Å². The van der Waals surface area contributed by atoms with Crippen LogP contribution in [0.15, 0.2) is 36.4 Å². The number of carbonyl (C=O) groups excluding carboxylic acids is 1. The molecule has 2 aromatic rings. The van der Waals surface area contributed by atoms with Crippen molar-refractivity contribution in [2.45, 2.75) is 6.42 Å². The fourth-order valence-corrected chi connectivity index (χ4v) is 1.97. The third-order valence-corrected chi connectivity index (χ3v) is 3.32. The Labute approximate surface area is 118 Å². The molecule has 0 aliphatic heterocycles. The molecule has 0 fully saturated rings. The highest BCUT2D eigenvalue weighted by Crippen LogP contribution is 2.23. The Morgan fingerprint density at radius 3 is 2.37 bits per heavy atom. The molecule has 0 aliphatic carbocycles. The van der Waals surface area contributed by atoms with Crippen molar-refractivity contribution in [2.75, 3.05) is 0 Å². The lowest BCUT2D eigenvalue weighted by Gasteiger charge is -2.04. The highest BCUT2D eigenvalue weighted by atomic mass is 35.5. The van der Waals surface area contributed by atoms with E-state index < -0.39 is 17.4 Å². The van der Waals surface area contributed by atoms with Gasteiger partial charge in [0.1, 0.15) is 11.6 Å². The second kappa shape index (κ2) is 5.68. The van der Waals surface area contributed by atoms with Crippen LogP contribution in [0, 0.1) is 11.6 Å². The smallest absolute Gasteiger partial charge is 0.170 e. The lowest BCUT2D eigenvalue weighted by atomic mass is 10.0. The van der Waals surface area contributed by atoms with Gasteiger partial charge in [-0.15, -0.1) is 0 Å². The molecule has 0 bridgehead atoms. The van der Waals surface area contributed by atoms with E-state index in [1.807, 2.05) is 0 Å². The number of rotatable bonds is 3. The van der Waals surface area contributed by atoms with Gasteiger partial charge in [-0.2, -0.15) is 0 Å². The average molecular weight is 301 g/mol. The van der Waals surface area contributed by atoms with Crippen molar-refractivity contribution in [3.05, 3.63) is 69.2 Å². The minimum absolute atomic E-state index is 0.0283. The summed E-state index contributed by atoms with van der Waals surface area (Å²) in [7, 11) is 0. The monoisotopic (exact) mass is 300 g/mol. The molecule has 2 aromatic carbocycles. The number of hydrogen-bond acceptors (Lipinski definition) is 1. The van der Waals surface area contributed by atoms with Crippen molar-refractivity contribution in [3.8, 4) is 0 Å². The summed E-state index contributed by atoms with van der Waals surface area (Å²) in [4.78, 5) is 11.9. The van der Waals surface area contributed by atoms with Crippen LogP contribution in [0.4, 0.5) is 8.78 Å². The normalized spacial score (nSPS) is 10.5. The Hall–Kier alpha value is -1.45. The predicted molar refractivity (Wildman–Crippen MR) is 70.9 cm³/mol. The van der Waals surface area contributed by atoms with Gasteiger partial charge < -0.3 is 0 Å². The lowest BCUT2D eigenvalue weighted by Crippen LogP contribution is -2.06. The van der Waals surface area contributed by atoms with Gasteiger partial charge in [0, 0.05) is 12.5 Å². The van der Waals surface area contributed by atoms with Gasteiger partial charge in [0.2, 0.25) is 0 Å². The summed E-state index contributed by atoms with van der Waals surface area (Å²) in [6, 6.07) is 7.60. The zero-order valence-corrected chi connectivity index (χ0v) is 11.1. The molecule has 0 saturated carbocycles. The summed E-state index contributed by atoms with van der Waals surface area (Å²) in [6.07, 6.45) is -0.0283. The van der Waals surface area contributed by atoms with E-state index in [0.29, 0.717) is 21.7 Å². The minimum Gasteiger partial charge on any atom is -0.294 e. The van der Waals surface area contributed by atoms with Gasteiger partial charge in [0.05, 0.1) is 15.6 Å². The van der Waals surface area contributed by atoms with E-state index in [9.17, 15) is 13.6 Å². The molecule has 2 rings (SSSR count). The Balaban J connectivity index is 2.23. The molecule has 19 heavy (non-hydrogen) atoms. The van der Waals surface area contributed by atoms with Crippen LogP contribution in [0.1, 0.15) is 15.9 Å². The maximum Gasteiger partial charge on any atom is 0.170 e. The van der Waals surface area contributed by atoms with Crippen molar-refractivity contribution in [3.63, 3.8) is 0 Å². The molecule has 0 aromatic heterocycles. The minimum atomic E-state index is -0.870. The molecule has 0 amide bonds. The molecule has 0 heterocycles. The molecule has 0 spiro atoms. The van der Waals surface area contributed by atoms with Crippen LogP contribution in [-0.2, 0) is 6.42 Å². The molecule has 5 heteroatoms. The highest BCUT2D eigenvalue weighted by molar-refractivity contribution is 6.42. The second-order valence-corrected chi connectivity index (χ2v) is 4.79. The van der Waals surface area contributed by atoms with Crippen LogP contribution in [0.5, 0.6) is 0 Å². The van der Waals surface area contributed by atoms with Crippen molar-refractivity contribution in [2.24, 2.45) is 0 Å². The quantitative estimate of drug-likeness (QED) is 0.751. The summed E-state index contributed by atoms with van der Waals surface area (Å²) < 4.78 is 26.2. The molecule has 0 N–H and O–H groups in total. The van der Waals surface area contributed by atoms with E-state index in [1.165, 1.54) is 0 Å². The van der Waals surface area contributed by atoms with Crippen LogP contribution in [0.25, 0.3) is 0 Å². The Bertz CT molecular complexity index is 641. The van der Waals surface area contributed by atoms with E-state index in [2.05, 4.69) is 0 Å². The molecule has 1 nitrogen and oxygen atoms in total. The van der Waals surface area contributed by atoms with Crippen molar-refractivity contribution < 1.29 is 13.6 Å². The fourth-order valence-electron chi connectivity index (χ4n) is 1.65. The number of halogens is 4. The number of Topliss-reactive ketones (excluding diaryl/α,β-unsaturated/α-hetero) is 1. The summed E-state index contributed by atoms with van der Waals surface area (Å²) in [5.74, 6) is -2.04. The molecule has 0 atom stereocenters. The summed E-state index contributed by atoms with van der Waals surface area (Å²) in [6.45, 7) is 0. The van der Waals surface area contributed by atoms with Gasteiger partial charge in [-0.1, -0.05) is 29.3 Å². The molecule has 0 saturated heterocycles. The Kier molecular flexibility index (Phi) is 4.17. The average Bonchev–Trinajstić information content (AvgIpc) is 2.33. The standard InChI is InChI=1S/C14H8Cl2F2O/c15-11-4-1-8(5-12(11)16)6-14(19)10-3-2-9(17)7-13(10)18/h1-5,7H,6H2. The number of carbonyl (C=O) groups is 1. The maximum atomic E-state index is 13.4. The number of hydrogen-bond donors (Lipinski definition) is 0. The van der Waals surface area contributed by atoms with Crippen molar-refractivity contribution in [1.29, 1.82) is 0 Å². The van der Waals surface area contributed by atoms with Crippen LogP contribution in [-0.4, -0.2) is 5.78 Å². The molecule has 0 aliphatic rings. The molecule has 0 radical (unpaired) electrons. The van der Waals surface area contributed by atoms with E-state index in [-0.39, 0.29) is 12.0 Å². The van der Waals surface area contributed by atoms with Crippen LogP contribution >= 0.6 is 23.2 Å². The van der Waals surface area contributed by atoms with Crippen molar-refractivity contribution >= 4 is 29.0 Å². The first-order valence-electron chi connectivity index (χ1n) is 5.39. The molecular weight excluding hydrogens is 293 g/mol. The third kappa shape index (κ3) is 3.31. The van der Waals surface area contributed by atoms with Gasteiger partial charge in [-0.05, 0) is 29.8 Å². The van der Waals surface area contributed by atoms with E-state index in [0.717, 1.165) is 12.1 Å². The van der Waals surface area contributed by atoms with E-state index in [4.69, 9.17) is 23.2 Å². The topological polar surface area (TPSA) is 17.1 Å². The van der Waals surface area contributed by atoms with E-state index >= 15 is 0 Å². The summed E-state index contributed by atoms with van der Waals surface area (Å²) >= 11 is 11.6. The summed E-state index contributed by atoms with van der Waals surface area (Å²) in [5, 5.41) is 0.706. The zero-order valence-electron chi connectivity index (χ0n) is 9.59. The van der Waals surface area contributed by atoms with Crippen molar-refractivity contribution in [1.82, 2.24) is 0 Å². The van der Waals surface area contributed by atoms with E-state index in [1.54, 1.807) is 18.2 Å². The summed E-state index contributed by atoms with van der Waals surface area (Å²) in [5.41, 5.74) is 0.468. The second-order valence-electron chi connectivity index (χ2n) is 3.97. The van der Waals surface area contributed by atoms with Gasteiger partial charge in [-0.25, -0.2) is 8.78 Å². The number of ketones is 1.